The Hall–Kier alpha value is -8.41. The summed E-state index contributed by atoms with van der Waals surface area (Å²) in [5.41, 5.74) is 15.0. The van der Waals surface area contributed by atoms with Crippen molar-refractivity contribution in [2.24, 2.45) is 0 Å². The summed E-state index contributed by atoms with van der Waals surface area (Å²) < 4.78 is 13.0. The van der Waals surface area contributed by atoms with Crippen LogP contribution in [0.15, 0.2) is 221 Å². The van der Waals surface area contributed by atoms with Crippen LogP contribution in [0.5, 0.6) is 0 Å². The van der Waals surface area contributed by atoms with Crippen LogP contribution in [0.1, 0.15) is 0 Å². The number of fused-ring (bicyclic) bond motifs is 6. The number of hydrogen-bond acceptors (Lipinski definition) is 5. The number of benzene rings is 9. The van der Waals surface area contributed by atoms with Gasteiger partial charge in [0.15, 0.2) is 17.5 Å². The zero-order valence-electron chi connectivity index (χ0n) is 33.4. The fourth-order valence-corrected chi connectivity index (χ4v) is 8.70. The van der Waals surface area contributed by atoms with Crippen molar-refractivity contribution in [2.75, 3.05) is 0 Å². The number of rotatable bonds is 7. The van der Waals surface area contributed by atoms with Crippen molar-refractivity contribution in [3.8, 4) is 78.7 Å². The average Bonchev–Trinajstić information content (AvgIpc) is 3.92. The molecule has 12 aromatic rings. The van der Waals surface area contributed by atoms with E-state index in [1.54, 1.807) is 0 Å². The SMILES string of the molecule is c1ccc(-c2ccc(-c3nc(-c4ccc(-c5ccccc5)cc4)nc(-c4ccc5c(c4)oc4cccc(-c6ccccc6-c6ccc7c(c6)oc6ccccc67)c45)n3)cc2)cc1. The molecule has 3 heterocycles. The second-order valence-electron chi connectivity index (χ2n) is 15.5. The van der Waals surface area contributed by atoms with Crippen LogP contribution in [0, 0.1) is 0 Å². The molecule has 0 spiro atoms. The Morgan fingerprint density at radius 3 is 1.34 bits per heavy atom. The van der Waals surface area contributed by atoms with Gasteiger partial charge in [-0.1, -0.05) is 176 Å². The van der Waals surface area contributed by atoms with Gasteiger partial charge in [0.1, 0.15) is 22.3 Å². The third kappa shape index (κ3) is 6.23. The van der Waals surface area contributed by atoms with Crippen molar-refractivity contribution < 1.29 is 8.83 Å². The summed E-state index contributed by atoms with van der Waals surface area (Å²) in [4.78, 5) is 15.3. The Labute approximate surface area is 357 Å². The molecule has 0 amide bonds. The topological polar surface area (TPSA) is 65.0 Å². The first kappa shape index (κ1) is 35.5. The average molecular weight is 794 g/mol. The van der Waals surface area contributed by atoms with E-state index in [4.69, 9.17) is 23.8 Å². The Balaban J connectivity index is 0.961. The van der Waals surface area contributed by atoms with Crippen LogP contribution in [0.4, 0.5) is 0 Å². The second-order valence-corrected chi connectivity index (χ2v) is 15.5. The van der Waals surface area contributed by atoms with E-state index >= 15 is 0 Å². The molecule has 9 aromatic carbocycles. The van der Waals surface area contributed by atoms with Gasteiger partial charge in [0, 0.05) is 38.2 Å². The lowest BCUT2D eigenvalue weighted by Gasteiger charge is -2.12. The third-order valence-electron chi connectivity index (χ3n) is 11.8. The molecule has 0 aliphatic rings. The minimum absolute atomic E-state index is 0.568. The van der Waals surface area contributed by atoms with Gasteiger partial charge in [-0.25, -0.2) is 15.0 Å². The number of furan rings is 2. The van der Waals surface area contributed by atoms with Gasteiger partial charge in [0.2, 0.25) is 0 Å². The minimum Gasteiger partial charge on any atom is -0.456 e. The molecule has 5 heteroatoms. The Morgan fingerprint density at radius 2 is 0.661 bits per heavy atom. The van der Waals surface area contributed by atoms with Crippen molar-refractivity contribution in [2.45, 2.75) is 0 Å². The first-order valence-electron chi connectivity index (χ1n) is 20.7. The lowest BCUT2D eigenvalue weighted by Crippen LogP contribution is -2.00. The lowest BCUT2D eigenvalue weighted by atomic mass is 9.91. The standard InChI is InChI=1S/C57H35N3O2/c1-3-12-36(13-4-1)38-22-26-40(27-23-38)55-58-56(41-28-24-39(25-29-41)37-14-5-2-6-15-37)60-57(59-55)43-31-33-49-53(35-43)62-51-21-11-19-48(54(49)51)45-17-8-7-16-44(45)42-30-32-47-46-18-9-10-20-50(46)61-52(47)34-42/h1-35H. The monoisotopic (exact) mass is 793 g/mol. The van der Waals surface area contributed by atoms with Gasteiger partial charge < -0.3 is 8.83 Å². The summed E-state index contributed by atoms with van der Waals surface area (Å²) in [5.74, 6) is 1.76. The number of aromatic nitrogens is 3. The Bertz CT molecular complexity index is 3510. The molecule has 0 unspecified atom stereocenters. The molecular weight excluding hydrogens is 759 g/mol. The van der Waals surface area contributed by atoms with E-state index in [-0.39, 0.29) is 0 Å². The molecule has 0 saturated carbocycles. The predicted molar refractivity (Wildman–Crippen MR) is 252 cm³/mol. The quantitative estimate of drug-likeness (QED) is 0.161. The molecule has 0 saturated heterocycles. The minimum atomic E-state index is 0.568. The zero-order chi connectivity index (χ0) is 41.0. The first-order valence-corrected chi connectivity index (χ1v) is 20.7. The number of para-hydroxylation sites is 1. The number of hydrogen-bond donors (Lipinski definition) is 0. The van der Waals surface area contributed by atoms with Gasteiger partial charge in [0.25, 0.3) is 0 Å². The molecule has 0 N–H and O–H groups in total. The highest BCUT2D eigenvalue weighted by Crippen LogP contribution is 2.42. The van der Waals surface area contributed by atoms with Crippen LogP contribution < -0.4 is 0 Å². The van der Waals surface area contributed by atoms with E-state index in [0.717, 1.165) is 105 Å². The first-order chi connectivity index (χ1) is 30.7. The van der Waals surface area contributed by atoms with Crippen molar-refractivity contribution >= 4 is 43.9 Å². The van der Waals surface area contributed by atoms with Gasteiger partial charge in [0.05, 0.1) is 0 Å². The summed E-state index contributed by atoms with van der Waals surface area (Å²) in [6.07, 6.45) is 0. The van der Waals surface area contributed by atoms with Crippen LogP contribution in [0.3, 0.4) is 0 Å². The summed E-state index contributed by atoms with van der Waals surface area (Å²) in [5, 5.41) is 4.31. The molecule has 0 radical (unpaired) electrons. The molecule has 0 atom stereocenters. The maximum absolute atomic E-state index is 6.67. The van der Waals surface area contributed by atoms with Gasteiger partial charge in [-0.2, -0.15) is 0 Å². The van der Waals surface area contributed by atoms with E-state index in [1.165, 1.54) is 0 Å². The fourth-order valence-electron chi connectivity index (χ4n) is 8.70. The predicted octanol–water partition coefficient (Wildman–Crippen LogP) is 15.3. The molecule has 12 rings (SSSR count). The Kier molecular flexibility index (Phi) is 8.42. The van der Waals surface area contributed by atoms with Crippen LogP contribution in [-0.2, 0) is 0 Å². The van der Waals surface area contributed by atoms with E-state index in [2.05, 4.69) is 182 Å². The lowest BCUT2D eigenvalue weighted by molar-refractivity contribution is 0.668. The van der Waals surface area contributed by atoms with Crippen LogP contribution in [0.25, 0.3) is 123 Å². The van der Waals surface area contributed by atoms with Crippen LogP contribution in [-0.4, -0.2) is 15.0 Å². The molecule has 0 fully saturated rings. The summed E-state index contributed by atoms with van der Waals surface area (Å²) in [6.45, 7) is 0. The van der Waals surface area contributed by atoms with Crippen molar-refractivity contribution in [1.29, 1.82) is 0 Å². The zero-order valence-corrected chi connectivity index (χ0v) is 33.4. The highest BCUT2D eigenvalue weighted by atomic mass is 16.3. The van der Waals surface area contributed by atoms with Crippen molar-refractivity contribution in [1.82, 2.24) is 15.0 Å². The third-order valence-corrected chi connectivity index (χ3v) is 11.8. The largest absolute Gasteiger partial charge is 0.456 e. The van der Waals surface area contributed by atoms with Crippen LogP contribution in [0.2, 0.25) is 0 Å². The molecule has 0 aliphatic carbocycles. The maximum Gasteiger partial charge on any atom is 0.164 e. The van der Waals surface area contributed by atoms with E-state index in [1.807, 2.05) is 30.3 Å². The van der Waals surface area contributed by atoms with Crippen molar-refractivity contribution in [3.63, 3.8) is 0 Å². The van der Waals surface area contributed by atoms with E-state index in [9.17, 15) is 0 Å². The summed E-state index contributed by atoms with van der Waals surface area (Å²) >= 11 is 0. The highest BCUT2D eigenvalue weighted by Gasteiger charge is 2.19. The smallest absolute Gasteiger partial charge is 0.164 e. The highest BCUT2D eigenvalue weighted by molar-refractivity contribution is 6.14. The molecule has 62 heavy (non-hydrogen) atoms. The Morgan fingerprint density at radius 1 is 0.242 bits per heavy atom. The summed E-state index contributed by atoms with van der Waals surface area (Å²) in [7, 11) is 0. The normalized spacial score (nSPS) is 11.5. The molecule has 0 aliphatic heterocycles. The molecule has 5 nitrogen and oxygen atoms in total. The molecule has 290 valence electrons. The molecule has 0 bridgehead atoms. The molecule has 3 aromatic heterocycles. The second kappa shape index (κ2) is 14.7. The van der Waals surface area contributed by atoms with Gasteiger partial charge in [-0.05, 0) is 80.9 Å². The maximum atomic E-state index is 6.67. The fraction of sp³-hybridized carbons (Fsp3) is 0. The van der Waals surface area contributed by atoms with Gasteiger partial charge in [-0.3, -0.25) is 0 Å². The number of nitrogens with zero attached hydrogens (tertiary/aromatic N) is 3. The van der Waals surface area contributed by atoms with Crippen molar-refractivity contribution in [3.05, 3.63) is 212 Å². The summed E-state index contributed by atoms with van der Waals surface area (Å²) in [6, 6.07) is 73.4. The van der Waals surface area contributed by atoms with Gasteiger partial charge in [-0.15, -0.1) is 0 Å². The van der Waals surface area contributed by atoms with E-state index in [0.29, 0.717) is 17.5 Å². The van der Waals surface area contributed by atoms with E-state index < -0.39 is 0 Å². The van der Waals surface area contributed by atoms with Gasteiger partial charge >= 0.3 is 0 Å². The van der Waals surface area contributed by atoms with Crippen LogP contribution >= 0.6 is 0 Å². The molecular formula is C57H35N3O2.